The second kappa shape index (κ2) is 6.03. The van der Waals surface area contributed by atoms with Gasteiger partial charge in [0.1, 0.15) is 0 Å². The van der Waals surface area contributed by atoms with Crippen molar-refractivity contribution in [1.29, 1.82) is 0 Å². The van der Waals surface area contributed by atoms with Crippen molar-refractivity contribution in [3.8, 4) is 0 Å². The molecule has 0 aliphatic rings. The van der Waals surface area contributed by atoms with Crippen LogP contribution in [0.1, 0.15) is 23.7 Å². The van der Waals surface area contributed by atoms with Gasteiger partial charge >= 0.3 is 0 Å². The van der Waals surface area contributed by atoms with Crippen molar-refractivity contribution in [2.24, 2.45) is 0 Å². The van der Waals surface area contributed by atoms with E-state index in [2.05, 4.69) is 5.32 Å². The van der Waals surface area contributed by atoms with Gasteiger partial charge in [-0.2, -0.15) is 0 Å². The van der Waals surface area contributed by atoms with Gasteiger partial charge < -0.3 is 15.5 Å². The van der Waals surface area contributed by atoms with Crippen LogP contribution in [-0.4, -0.2) is 34.9 Å². The van der Waals surface area contributed by atoms with Crippen LogP contribution in [0.25, 0.3) is 0 Å². The van der Waals surface area contributed by atoms with Crippen LogP contribution in [0.2, 0.25) is 0 Å². The normalized spacial score (nSPS) is 11.5. The molecule has 3 N–H and O–H groups in total. The fraction of sp³-hybridized carbons (Fsp3) is 0.417. The molecule has 0 spiro atoms. The Morgan fingerprint density at radius 1 is 1.21 bits per heavy atom. The summed E-state index contributed by atoms with van der Waals surface area (Å²) in [4.78, 5) is 11.8. The fourth-order valence-electron chi connectivity index (χ4n) is 1.44. The van der Waals surface area contributed by atoms with Gasteiger partial charge in [0, 0.05) is 5.56 Å². The Balaban J connectivity index is 3.01. The van der Waals surface area contributed by atoms with Crippen LogP contribution in [0.4, 0.5) is 13.2 Å². The largest absolute Gasteiger partial charge is 0.394 e. The van der Waals surface area contributed by atoms with Crippen LogP contribution in [0.3, 0.4) is 0 Å². The Bertz CT molecular complexity index is 444. The third-order valence-corrected chi connectivity index (χ3v) is 2.91. The van der Waals surface area contributed by atoms with Crippen LogP contribution in [0.15, 0.2) is 12.1 Å². The number of rotatable bonds is 5. The molecule has 0 bridgehead atoms. The molecule has 0 unspecified atom stereocenters. The van der Waals surface area contributed by atoms with Crippen LogP contribution in [0, 0.1) is 17.5 Å². The van der Waals surface area contributed by atoms with Crippen molar-refractivity contribution >= 4 is 5.91 Å². The third-order valence-electron chi connectivity index (χ3n) is 2.91. The number of halogens is 3. The molecule has 0 saturated heterocycles. The number of nitrogens with one attached hydrogen (secondary N) is 1. The van der Waals surface area contributed by atoms with Gasteiger partial charge in [0.15, 0.2) is 17.5 Å². The second-order valence-electron chi connectivity index (χ2n) is 4.16. The Morgan fingerprint density at radius 2 is 1.68 bits per heavy atom. The first kappa shape index (κ1) is 15.5. The molecule has 0 saturated carbocycles. The molecule has 1 rings (SSSR count). The summed E-state index contributed by atoms with van der Waals surface area (Å²) in [6.45, 7) is 0.522. The minimum atomic E-state index is -1.66. The molecule has 0 aliphatic carbocycles. The van der Waals surface area contributed by atoms with Crippen LogP contribution in [0.5, 0.6) is 0 Å². The van der Waals surface area contributed by atoms with E-state index in [0.717, 1.165) is 0 Å². The Kier molecular flexibility index (Phi) is 4.90. The summed E-state index contributed by atoms with van der Waals surface area (Å²) in [5.41, 5.74) is -1.73. The van der Waals surface area contributed by atoms with E-state index in [0.29, 0.717) is 12.1 Å². The van der Waals surface area contributed by atoms with Gasteiger partial charge in [-0.15, -0.1) is 0 Å². The van der Waals surface area contributed by atoms with E-state index in [1.54, 1.807) is 6.92 Å². The Labute approximate surface area is 107 Å². The number of carbonyl (C=O) groups is 1. The lowest BCUT2D eigenvalue weighted by molar-refractivity contribution is 0.0652. The molecule has 0 heterocycles. The van der Waals surface area contributed by atoms with Crippen molar-refractivity contribution in [3.05, 3.63) is 35.1 Å². The third kappa shape index (κ3) is 3.24. The highest BCUT2D eigenvalue weighted by atomic mass is 19.2. The fourth-order valence-corrected chi connectivity index (χ4v) is 1.44. The van der Waals surface area contributed by atoms with E-state index in [1.165, 1.54) is 0 Å². The molecule has 0 radical (unpaired) electrons. The lowest BCUT2D eigenvalue weighted by atomic mass is 9.98. The summed E-state index contributed by atoms with van der Waals surface area (Å²) < 4.78 is 38.7. The zero-order valence-electron chi connectivity index (χ0n) is 10.2. The SMILES string of the molecule is CCC(CO)(CO)NC(=O)c1cc(F)c(F)c(F)c1. The minimum Gasteiger partial charge on any atom is -0.394 e. The number of hydrogen-bond acceptors (Lipinski definition) is 3. The predicted octanol–water partition coefficient (Wildman–Crippen LogP) is 0.967. The lowest BCUT2D eigenvalue weighted by Gasteiger charge is -2.29. The van der Waals surface area contributed by atoms with Crippen molar-refractivity contribution in [1.82, 2.24) is 5.32 Å². The molecule has 1 amide bonds. The van der Waals surface area contributed by atoms with Crippen LogP contribution >= 0.6 is 0 Å². The molecule has 106 valence electrons. The van der Waals surface area contributed by atoms with Crippen LogP contribution < -0.4 is 5.32 Å². The molecule has 1 aromatic rings. The Hall–Kier alpha value is -1.60. The zero-order chi connectivity index (χ0) is 14.6. The molecule has 1 aromatic carbocycles. The summed E-state index contributed by atoms with van der Waals surface area (Å²) in [6, 6.07) is 1.09. The molecule has 0 atom stereocenters. The van der Waals surface area contributed by atoms with Gasteiger partial charge in [0.2, 0.25) is 0 Å². The zero-order valence-corrected chi connectivity index (χ0v) is 10.2. The monoisotopic (exact) mass is 277 g/mol. The smallest absolute Gasteiger partial charge is 0.252 e. The van der Waals surface area contributed by atoms with Gasteiger partial charge in [0.25, 0.3) is 5.91 Å². The van der Waals surface area contributed by atoms with Crippen molar-refractivity contribution < 1.29 is 28.2 Å². The number of amides is 1. The molecule has 7 heteroatoms. The molecular formula is C12H14F3NO3. The van der Waals surface area contributed by atoms with E-state index in [9.17, 15) is 18.0 Å². The van der Waals surface area contributed by atoms with E-state index >= 15 is 0 Å². The van der Waals surface area contributed by atoms with E-state index in [1.807, 2.05) is 0 Å². The van der Waals surface area contributed by atoms with Gasteiger partial charge in [-0.25, -0.2) is 13.2 Å². The maximum absolute atomic E-state index is 13.0. The maximum atomic E-state index is 13.0. The second-order valence-corrected chi connectivity index (χ2v) is 4.16. The standard InChI is InChI=1S/C12H14F3NO3/c1-2-12(5-17,6-18)16-11(19)7-3-8(13)10(15)9(14)4-7/h3-4,17-18H,2,5-6H2,1H3,(H,16,19). The average Bonchev–Trinajstić information content (AvgIpc) is 2.41. The number of aliphatic hydroxyl groups is 2. The molecule has 19 heavy (non-hydrogen) atoms. The molecule has 0 aromatic heterocycles. The Morgan fingerprint density at radius 3 is 2.05 bits per heavy atom. The first-order valence-corrected chi connectivity index (χ1v) is 5.58. The summed E-state index contributed by atoms with van der Waals surface area (Å²) >= 11 is 0. The number of benzene rings is 1. The summed E-state index contributed by atoms with van der Waals surface area (Å²) in [6.07, 6.45) is 0.206. The average molecular weight is 277 g/mol. The number of carbonyl (C=O) groups excluding carboxylic acids is 1. The highest BCUT2D eigenvalue weighted by Crippen LogP contribution is 2.15. The minimum absolute atomic E-state index is 0.206. The van der Waals surface area contributed by atoms with Crippen molar-refractivity contribution in [2.45, 2.75) is 18.9 Å². The molecule has 0 aliphatic heterocycles. The van der Waals surface area contributed by atoms with Gasteiger partial charge in [-0.05, 0) is 18.6 Å². The van der Waals surface area contributed by atoms with Gasteiger partial charge in [-0.1, -0.05) is 6.92 Å². The predicted molar refractivity (Wildman–Crippen MR) is 61.0 cm³/mol. The van der Waals surface area contributed by atoms with E-state index < -0.39 is 47.7 Å². The van der Waals surface area contributed by atoms with E-state index in [-0.39, 0.29) is 6.42 Å². The highest BCUT2D eigenvalue weighted by Gasteiger charge is 2.29. The summed E-state index contributed by atoms with van der Waals surface area (Å²) in [7, 11) is 0. The van der Waals surface area contributed by atoms with Crippen molar-refractivity contribution in [3.63, 3.8) is 0 Å². The van der Waals surface area contributed by atoms with Crippen molar-refractivity contribution in [2.75, 3.05) is 13.2 Å². The van der Waals surface area contributed by atoms with Crippen LogP contribution in [-0.2, 0) is 0 Å². The molecular weight excluding hydrogens is 263 g/mol. The van der Waals surface area contributed by atoms with E-state index in [4.69, 9.17) is 10.2 Å². The first-order chi connectivity index (χ1) is 8.89. The number of aliphatic hydroxyl groups excluding tert-OH is 2. The quantitative estimate of drug-likeness (QED) is 0.702. The van der Waals surface area contributed by atoms with Gasteiger partial charge in [-0.3, -0.25) is 4.79 Å². The summed E-state index contributed by atoms with van der Waals surface area (Å²) in [5, 5.41) is 20.6. The highest BCUT2D eigenvalue weighted by molar-refractivity contribution is 5.94. The number of hydrogen-bond donors (Lipinski definition) is 3. The topological polar surface area (TPSA) is 69.6 Å². The maximum Gasteiger partial charge on any atom is 0.252 e. The summed E-state index contributed by atoms with van der Waals surface area (Å²) in [5.74, 6) is -5.55. The first-order valence-electron chi connectivity index (χ1n) is 5.58. The molecule has 0 fully saturated rings. The van der Waals surface area contributed by atoms with Gasteiger partial charge in [0.05, 0.1) is 18.8 Å². The molecule has 4 nitrogen and oxygen atoms in total. The lowest BCUT2D eigenvalue weighted by Crippen LogP contribution is -2.53.